The molecule has 0 radical (unpaired) electrons. The molecule has 5 aromatic rings. The number of hydrogen-bond donors (Lipinski definition) is 2. The Balaban J connectivity index is 1.50. The maximum Gasteiger partial charge on any atom is 0.255 e. The Hall–Kier alpha value is -5.23. The van der Waals surface area contributed by atoms with Crippen LogP contribution in [0.2, 0.25) is 0 Å². The smallest absolute Gasteiger partial charge is 0.255 e. The lowest BCUT2D eigenvalue weighted by Crippen LogP contribution is -2.13. The van der Waals surface area contributed by atoms with Gasteiger partial charge in [0.1, 0.15) is 19.8 Å². The molecular weight excluding hydrogens is 500 g/mol. The molecule has 0 saturated heterocycles. The number of anilines is 2. The molecule has 6 heteroatoms. The van der Waals surface area contributed by atoms with Gasteiger partial charge in [-0.3, -0.25) is 4.79 Å². The van der Waals surface area contributed by atoms with Crippen LogP contribution in [0, 0.1) is 0 Å². The molecule has 0 aliphatic heterocycles. The second kappa shape index (κ2) is 13.0. The topological polar surface area (TPSA) is 82.8 Å². The van der Waals surface area contributed by atoms with Gasteiger partial charge < -0.3 is 25.3 Å². The molecule has 40 heavy (non-hydrogen) atoms. The first-order valence-corrected chi connectivity index (χ1v) is 13.0. The van der Waals surface area contributed by atoms with Crippen molar-refractivity contribution in [1.82, 2.24) is 0 Å². The summed E-state index contributed by atoms with van der Waals surface area (Å²) in [7, 11) is 0. The van der Waals surface area contributed by atoms with Gasteiger partial charge in [0.05, 0.1) is 0 Å². The van der Waals surface area contributed by atoms with Crippen molar-refractivity contribution < 1.29 is 19.0 Å². The van der Waals surface area contributed by atoms with Crippen molar-refractivity contribution in [2.75, 3.05) is 11.1 Å². The molecule has 0 spiro atoms. The number of hydrogen-bond acceptors (Lipinski definition) is 5. The lowest BCUT2D eigenvalue weighted by atomic mass is 10.1. The highest BCUT2D eigenvalue weighted by atomic mass is 16.5. The molecule has 0 atom stereocenters. The van der Waals surface area contributed by atoms with Gasteiger partial charge in [-0.1, -0.05) is 97.1 Å². The van der Waals surface area contributed by atoms with Crippen molar-refractivity contribution >= 4 is 17.3 Å². The van der Waals surface area contributed by atoms with Crippen molar-refractivity contribution in [2.45, 2.75) is 19.8 Å². The molecule has 0 aliphatic rings. The zero-order chi connectivity index (χ0) is 27.6. The van der Waals surface area contributed by atoms with Gasteiger partial charge in [0.15, 0.2) is 11.5 Å². The van der Waals surface area contributed by atoms with Crippen molar-refractivity contribution in [2.24, 2.45) is 0 Å². The predicted octanol–water partition coefficient (Wildman–Crippen LogP) is 7.26. The maximum absolute atomic E-state index is 13.4. The number of carbonyl (C=O) groups is 1. The average molecular weight is 531 g/mol. The summed E-state index contributed by atoms with van der Waals surface area (Å²) in [4.78, 5) is 13.4. The minimum atomic E-state index is -0.325. The Kier molecular flexibility index (Phi) is 8.59. The van der Waals surface area contributed by atoms with Crippen LogP contribution >= 0.6 is 0 Å². The monoisotopic (exact) mass is 530 g/mol. The molecule has 200 valence electrons. The van der Waals surface area contributed by atoms with E-state index in [1.807, 2.05) is 91.0 Å². The van der Waals surface area contributed by atoms with Gasteiger partial charge in [0, 0.05) is 16.9 Å². The molecule has 1 amide bonds. The van der Waals surface area contributed by atoms with Crippen molar-refractivity contribution in [3.05, 3.63) is 150 Å². The third-order valence-corrected chi connectivity index (χ3v) is 6.13. The Morgan fingerprint density at radius 3 is 1.52 bits per heavy atom. The highest BCUT2D eigenvalue weighted by Crippen LogP contribution is 2.40. The van der Waals surface area contributed by atoms with E-state index in [0.717, 1.165) is 16.7 Å². The normalized spacial score (nSPS) is 10.5. The maximum atomic E-state index is 13.4. The molecule has 3 N–H and O–H groups in total. The minimum Gasteiger partial charge on any atom is -0.485 e. The van der Waals surface area contributed by atoms with Crippen LogP contribution < -0.4 is 25.3 Å². The van der Waals surface area contributed by atoms with Crippen LogP contribution in [-0.4, -0.2) is 5.91 Å². The Labute approximate surface area is 234 Å². The average Bonchev–Trinajstić information content (AvgIpc) is 2.99. The van der Waals surface area contributed by atoms with E-state index < -0.39 is 0 Å². The lowest BCUT2D eigenvalue weighted by Gasteiger charge is -2.19. The van der Waals surface area contributed by atoms with Gasteiger partial charge in [-0.2, -0.15) is 0 Å². The standard InChI is InChI=1S/C34H30N2O4/c35-29-17-10-18-30(21-29)36-34(37)28-19-31(38-22-25-11-4-1-5-12-25)33(40-24-27-15-8-3-9-16-27)32(20-28)39-23-26-13-6-2-7-14-26/h1-21H,22-24,35H2,(H,36,37). The van der Waals surface area contributed by atoms with Crippen LogP contribution in [0.15, 0.2) is 127 Å². The summed E-state index contributed by atoms with van der Waals surface area (Å²) in [5.74, 6) is 0.914. The highest BCUT2D eigenvalue weighted by molar-refractivity contribution is 6.05. The summed E-state index contributed by atoms with van der Waals surface area (Å²) >= 11 is 0. The lowest BCUT2D eigenvalue weighted by molar-refractivity contribution is 0.102. The fourth-order valence-corrected chi connectivity index (χ4v) is 4.08. The number of rotatable bonds is 11. The summed E-state index contributed by atoms with van der Waals surface area (Å²) in [5, 5.41) is 2.91. The van der Waals surface area contributed by atoms with Gasteiger partial charge in [0.2, 0.25) is 5.75 Å². The summed E-state index contributed by atoms with van der Waals surface area (Å²) < 4.78 is 18.8. The van der Waals surface area contributed by atoms with Crippen LogP contribution in [0.1, 0.15) is 27.0 Å². The van der Waals surface area contributed by atoms with Gasteiger partial charge in [0.25, 0.3) is 5.91 Å². The van der Waals surface area contributed by atoms with E-state index in [-0.39, 0.29) is 5.91 Å². The predicted molar refractivity (Wildman–Crippen MR) is 158 cm³/mol. The number of nitrogens with one attached hydrogen (secondary N) is 1. The van der Waals surface area contributed by atoms with Gasteiger partial charge in [-0.15, -0.1) is 0 Å². The van der Waals surface area contributed by atoms with Crippen LogP contribution in [-0.2, 0) is 19.8 Å². The van der Waals surface area contributed by atoms with Gasteiger partial charge in [-0.25, -0.2) is 0 Å². The minimum absolute atomic E-state index is 0.293. The highest BCUT2D eigenvalue weighted by Gasteiger charge is 2.20. The van der Waals surface area contributed by atoms with E-state index in [4.69, 9.17) is 19.9 Å². The molecule has 5 aromatic carbocycles. The van der Waals surface area contributed by atoms with E-state index in [1.54, 1.807) is 36.4 Å². The fraction of sp³-hybridized carbons (Fsp3) is 0.0882. The summed E-state index contributed by atoms with van der Waals surface area (Å²) in [6, 6.07) is 39.9. The van der Waals surface area contributed by atoms with Gasteiger partial charge in [-0.05, 0) is 47.0 Å². The van der Waals surface area contributed by atoms with E-state index in [2.05, 4.69) is 5.32 Å². The van der Waals surface area contributed by atoms with Crippen LogP contribution in [0.3, 0.4) is 0 Å². The SMILES string of the molecule is Nc1cccc(NC(=O)c2cc(OCc3ccccc3)c(OCc3ccccc3)c(OCc3ccccc3)c2)c1. The number of benzene rings is 5. The Morgan fingerprint density at radius 2 is 1.05 bits per heavy atom. The molecule has 0 aromatic heterocycles. The third-order valence-electron chi connectivity index (χ3n) is 6.13. The second-order valence-corrected chi connectivity index (χ2v) is 9.20. The number of amides is 1. The van der Waals surface area contributed by atoms with Crippen LogP contribution in [0.25, 0.3) is 0 Å². The quantitative estimate of drug-likeness (QED) is 0.176. The van der Waals surface area contributed by atoms with Crippen LogP contribution in [0.4, 0.5) is 11.4 Å². The first kappa shape index (κ1) is 26.4. The fourth-order valence-electron chi connectivity index (χ4n) is 4.08. The molecule has 0 aliphatic carbocycles. The molecule has 0 unspecified atom stereocenters. The molecule has 0 heterocycles. The van der Waals surface area contributed by atoms with E-state index in [0.29, 0.717) is 54.0 Å². The van der Waals surface area contributed by atoms with E-state index in [9.17, 15) is 4.79 Å². The van der Waals surface area contributed by atoms with Crippen molar-refractivity contribution in [1.29, 1.82) is 0 Å². The second-order valence-electron chi connectivity index (χ2n) is 9.20. The number of nitrogens with two attached hydrogens (primary N) is 1. The van der Waals surface area contributed by atoms with E-state index in [1.165, 1.54) is 0 Å². The Morgan fingerprint density at radius 1 is 0.575 bits per heavy atom. The third kappa shape index (κ3) is 7.20. The largest absolute Gasteiger partial charge is 0.485 e. The number of ether oxygens (including phenoxy) is 3. The summed E-state index contributed by atoms with van der Waals surface area (Å²) in [6.45, 7) is 0.890. The molecule has 6 nitrogen and oxygen atoms in total. The summed E-state index contributed by atoms with van der Waals surface area (Å²) in [5.41, 5.74) is 10.4. The molecular formula is C34H30N2O4. The van der Waals surface area contributed by atoms with E-state index >= 15 is 0 Å². The molecule has 0 bridgehead atoms. The van der Waals surface area contributed by atoms with Gasteiger partial charge >= 0.3 is 0 Å². The first-order chi connectivity index (χ1) is 19.6. The summed E-state index contributed by atoms with van der Waals surface area (Å²) in [6.07, 6.45) is 0. The van der Waals surface area contributed by atoms with Crippen molar-refractivity contribution in [3.8, 4) is 17.2 Å². The number of nitrogen functional groups attached to an aromatic ring is 1. The molecule has 0 fully saturated rings. The zero-order valence-electron chi connectivity index (χ0n) is 22.0. The molecule has 0 saturated carbocycles. The first-order valence-electron chi connectivity index (χ1n) is 13.0. The molecule has 5 rings (SSSR count). The Bertz CT molecular complexity index is 1480. The van der Waals surface area contributed by atoms with Crippen LogP contribution in [0.5, 0.6) is 17.2 Å². The van der Waals surface area contributed by atoms with Crippen molar-refractivity contribution in [3.63, 3.8) is 0 Å². The zero-order valence-corrected chi connectivity index (χ0v) is 22.0. The number of carbonyl (C=O) groups excluding carboxylic acids is 1.